The van der Waals surface area contributed by atoms with Gasteiger partial charge in [-0.2, -0.15) is 0 Å². The van der Waals surface area contributed by atoms with Crippen molar-refractivity contribution < 1.29 is 17.9 Å². The molecule has 0 aliphatic carbocycles. The summed E-state index contributed by atoms with van der Waals surface area (Å²) in [6, 6.07) is 18.0. The van der Waals surface area contributed by atoms with Crippen molar-refractivity contribution in [1.29, 1.82) is 0 Å². The molecule has 0 saturated carbocycles. The Balaban J connectivity index is 1.89. The van der Waals surface area contributed by atoms with Crippen LogP contribution in [0.1, 0.15) is 16.1 Å². The molecule has 0 N–H and O–H groups in total. The zero-order chi connectivity index (χ0) is 23.1. The van der Waals surface area contributed by atoms with E-state index in [9.17, 15) is 13.2 Å². The summed E-state index contributed by atoms with van der Waals surface area (Å²) in [5.41, 5.74) is 1.41. The number of halogens is 1. The van der Waals surface area contributed by atoms with E-state index in [0.29, 0.717) is 23.9 Å². The van der Waals surface area contributed by atoms with Crippen LogP contribution in [0.5, 0.6) is 0 Å². The standard InChI is InChI=1S/C23H24ClN3O4S/c1-26(21-10-6-8-19(24)16-21)32(29,30)22-11-5-7-18(15-22)23(28)27(13-14-31-2)17-20-9-3-4-12-25-20/h3-12,15-16H,13-14,17H2,1-2H3. The summed E-state index contributed by atoms with van der Waals surface area (Å²) >= 11 is 6.01. The van der Waals surface area contributed by atoms with E-state index in [4.69, 9.17) is 16.3 Å². The van der Waals surface area contributed by atoms with E-state index < -0.39 is 10.0 Å². The van der Waals surface area contributed by atoms with Crippen molar-refractivity contribution in [3.63, 3.8) is 0 Å². The number of carbonyl (C=O) groups is 1. The SMILES string of the molecule is COCCN(Cc1ccccn1)C(=O)c1cccc(S(=O)(=O)N(C)c2cccc(Cl)c2)c1. The number of hydrogen-bond acceptors (Lipinski definition) is 5. The Morgan fingerprint density at radius 3 is 2.53 bits per heavy atom. The van der Waals surface area contributed by atoms with Crippen LogP contribution in [0.4, 0.5) is 5.69 Å². The Morgan fingerprint density at radius 1 is 1.06 bits per heavy atom. The molecule has 1 heterocycles. The minimum absolute atomic E-state index is 0.00959. The highest BCUT2D eigenvalue weighted by molar-refractivity contribution is 7.92. The van der Waals surface area contributed by atoms with Gasteiger partial charge < -0.3 is 9.64 Å². The number of rotatable bonds is 9. The third-order valence-corrected chi connectivity index (χ3v) is 6.86. The van der Waals surface area contributed by atoms with Gasteiger partial charge >= 0.3 is 0 Å². The summed E-state index contributed by atoms with van der Waals surface area (Å²) in [6.45, 7) is 0.960. The third kappa shape index (κ3) is 5.64. The van der Waals surface area contributed by atoms with Crippen LogP contribution in [-0.2, 0) is 21.3 Å². The molecular formula is C23H24ClN3O4S. The van der Waals surface area contributed by atoms with E-state index in [1.165, 1.54) is 19.2 Å². The van der Waals surface area contributed by atoms with Crippen LogP contribution >= 0.6 is 11.6 Å². The number of benzene rings is 2. The second-order valence-corrected chi connectivity index (χ2v) is 9.43. The van der Waals surface area contributed by atoms with Crippen molar-refractivity contribution in [2.24, 2.45) is 0 Å². The molecular weight excluding hydrogens is 450 g/mol. The van der Waals surface area contributed by atoms with Crippen LogP contribution < -0.4 is 4.31 Å². The zero-order valence-corrected chi connectivity index (χ0v) is 19.4. The van der Waals surface area contributed by atoms with Crippen LogP contribution in [-0.4, -0.2) is 51.5 Å². The molecule has 2 aromatic carbocycles. The molecule has 0 aliphatic rings. The molecule has 0 aliphatic heterocycles. The van der Waals surface area contributed by atoms with Crippen molar-refractivity contribution in [3.05, 3.63) is 89.2 Å². The maximum absolute atomic E-state index is 13.2. The predicted molar refractivity (Wildman–Crippen MR) is 124 cm³/mol. The van der Waals surface area contributed by atoms with Crippen molar-refractivity contribution >= 4 is 33.2 Å². The monoisotopic (exact) mass is 473 g/mol. The lowest BCUT2D eigenvalue weighted by Gasteiger charge is -2.23. The second-order valence-electron chi connectivity index (χ2n) is 7.02. The van der Waals surface area contributed by atoms with Crippen LogP contribution in [0.2, 0.25) is 5.02 Å². The summed E-state index contributed by atoms with van der Waals surface area (Å²) in [5.74, 6) is -0.310. The first-order valence-electron chi connectivity index (χ1n) is 9.85. The largest absolute Gasteiger partial charge is 0.383 e. The molecule has 0 radical (unpaired) electrons. The number of sulfonamides is 1. The zero-order valence-electron chi connectivity index (χ0n) is 17.8. The van der Waals surface area contributed by atoms with Crippen molar-refractivity contribution in [3.8, 4) is 0 Å². The van der Waals surface area contributed by atoms with Crippen molar-refractivity contribution in [2.75, 3.05) is 31.6 Å². The Hall–Kier alpha value is -2.94. The van der Waals surface area contributed by atoms with Crippen molar-refractivity contribution in [2.45, 2.75) is 11.4 Å². The highest BCUT2D eigenvalue weighted by atomic mass is 35.5. The third-order valence-electron chi connectivity index (χ3n) is 4.84. The molecule has 1 aromatic heterocycles. The topological polar surface area (TPSA) is 79.8 Å². The number of anilines is 1. The van der Waals surface area contributed by atoms with Crippen LogP contribution in [0, 0.1) is 0 Å². The molecule has 7 nitrogen and oxygen atoms in total. The van der Waals surface area contributed by atoms with Gasteiger partial charge in [-0.25, -0.2) is 8.42 Å². The summed E-state index contributed by atoms with van der Waals surface area (Å²) in [5, 5.41) is 0.428. The molecule has 3 aromatic rings. The first-order chi connectivity index (χ1) is 15.3. The van der Waals surface area contributed by atoms with E-state index in [1.54, 1.807) is 60.7 Å². The highest BCUT2D eigenvalue weighted by Crippen LogP contribution is 2.25. The Morgan fingerprint density at radius 2 is 1.84 bits per heavy atom. The van der Waals surface area contributed by atoms with Gasteiger partial charge in [0.05, 0.1) is 29.4 Å². The second kappa shape index (κ2) is 10.6. The molecule has 0 unspecified atom stereocenters. The van der Waals surface area contributed by atoms with Gasteiger partial charge in [0.15, 0.2) is 0 Å². The van der Waals surface area contributed by atoms with Crippen LogP contribution in [0.25, 0.3) is 0 Å². The highest BCUT2D eigenvalue weighted by Gasteiger charge is 2.24. The molecule has 0 fully saturated rings. The molecule has 168 valence electrons. The Bertz CT molecular complexity index is 1170. The fourth-order valence-corrected chi connectivity index (χ4v) is 4.50. The average molecular weight is 474 g/mol. The van der Waals surface area contributed by atoms with E-state index in [2.05, 4.69) is 4.98 Å². The van der Waals surface area contributed by atoms with Gasteiger partial charge in [0.2, 0.25) is 0 Å². The number of nitrogens with zero attached hydrogens (tertiary/aromatic N) is 3. The number of aromatic nitrogens is 1. The molecule has 1 amide bonds. The first-order valence-corrected chi connectivity index (χ1v) is 11.7. The fourth-order valence-electron chi connectivity index (χ4n) is 3.08. The van der Waals surface area contributed by atoms with E-state index in [0.717, 1.165) is 10.00 Å². The summed E-state index contributed by atoms with van der Waals surface area (Å²) in [7, 11) is -0.896. The minimum atomic E-state index is -3.90. The van der Waals surface area contributed by atoms with Gasteiger partial charge in [0.1, 0.15) is 0 Å². The van der Waals surface area contributed by atoms with E-state index in [1.807, 2.05) is 12.1 Å². The summed E-state index contributed by atoms with van der Waals surface area (Å²) in [6.07, 6.45) is 1.66. The number of pyridine rings is 1. The van der Waals surface area contributed by atoms with Gasteiger partial charge in [0.25, 0.3) is 15.9 Å². The Labute approximate surface area is 193 Å². The molecule has 0 spiro atoms. The smallest absolute Gasteiger partial charge is 0.264 e. The first kappa shape index (κ1) is 23.7. The molecule has 0 saturated heterocycles. The summed E-state index contributed by atoms with van der Waals surface area (Å²) in [4.78, 5) is 19.1. The maximum atomic E-state index is 13.2. The maximum Gasteiger partial charge on any atom is 0.264 e. The fraction of sp³-hybridized carbons (Fsp3) is 0.217. The molecule has 9 heteroatoms. The lowest BCUT2D eigenvalue weighted by atomic mass is 10.2. The minimum Gasteiger partial charge on any atom is -0.383 e. The number of hydrogen-bond donors (Lipinski definition) is 0. The summed E-state index contributed by atoms with van der Waals surface area (Å²) < 4.78 is 32.6. The molecule has 0 bridgehead atoms. The van der Waals surface area contributed by atoms with Crippen LogP contribution in [0.3, 0.4) is 0 Å². The number of carbonyl (C=O) groups excluding carboxylic acids is 1. The molecule has 3 rings (SSSR count). The number of ether oxygens (including phenoxy) is 1. The molecule has 0 atom stereocenters. The van der Waals surface area contributed by atoms with Gasteiger partial charge in [-0.3, -0.25) is 14.1 Å². The molecule has 32 heavy (non-hydrogen) atoms. The van der Waals surface area contributed by atoms with Gasteiger partial charge in [0, 0.05) is 37.5 Å². The lowest BCUT2D eigenvalue weighted by molar-refractivity contribution is 0.0677. The van der Waals surface area contributed by atoms with Crippen molar-refractivity contribution in [1.82, 2.24) is 9.88 Å². The average Bonchev–Trinajstić information content (AvgIpc) is 2.81. The Kier molecular flexibility index (Phi) is 7.84. The normalized spacial score (nSPS) is 11.2. The lowest BCUT2D eigenvalue weighted by Crippen LogP contribution is -2.34. The van der Waals surface area contributed by atoms with Gasteiger partial charge in [-0.05, 0) is 48.5 Å². The van der Waals surface area contributed by atoms with Gasteiger partial charge in [-0.1, -0.05) is 29.8 Å². The number of amides is 1. The van der Waals surface area contributed by atoms with Crippen LogP contribution in [0.15, 0.2) is 77.8 Å². The number of methoxy groups -OCH3 is 1. The van der Waals surface area contributed by atoms with E-state index in [-0.39, 0.29) is 22.9 Å². The predicted octanol–water partition coefficient (Wildman–Crippen LogP) is 3.85. The van der Waals surface area contributed by atoms with Gasteiger partial charge in [-0.15, -0.1) is 0 Å². The quantitative estimate of drug-likeness (QED) is 0.471. The van der Waals surface area contributed by atoms with E-state index >= 15 is 0 Å².